The summed E-state index contributed by atoms with van der Waals surface area (Å²) in [5, 5.41) is 9.20. The number of benzene rings is 1. The number of carboxylic acid groups (broad SMARTS) is 1. The van der Waals surface area contributed by atoms with Crippen LogP contribution in [-0.2, 0) is 9.78 Å². The van der Waals surface area contributed by atoms with E-state index in [2.05, 4.69) is 0 Å². The Morgan fingerprint density at radius 1 is 1.32 bits per heavy atom. The lowest BCUT2D eigenvalue weighted by Crippen LogP contribution is -2.34. The molecule has 0 aliphatic carbocycles. The van der Waals surface area contributed by atoms with E-state index >= 15 is 0 Å². The summed E-state index contributed by atoms with van der Waals surface area (Å²) in [6.07, 6.45) is 1.33. The number of rotatable bonds is 2. The Balaban J connectivity index is 2.29. The molecule has 0 spiro atoms. The predicted molar refractivity (Wildman–Crippen MR) is 70.0 cm³/mol. The van der Waals surface area contributed by atoms with Gasteiger partial charge in [0.1, 0.15) is 0 Å². The molecule has 5 nitrogen and oxygen atoms in total. The van der Waals surface area contributed by atoms with Gasteiger partial charge in [-0.2, -0.15) is 0 Å². The SMILES string of the molecule is CC(C)(C)OOC1c2ccccc2C=CN1C(=O)O. The summed E-state index contributed by atoms with van der Waals surface area (Å²) >= 11 is 0. The van der Waals surface area contributed by atoms with Gasteiger partial charge in [0.25, 0.3) is 0 Å². The highest BCUT2D eigenvalue weighted by Crippen LogP contribution is 2.32. The maximum absolute atomic E-state index is 11.2. The zero-order chi connectivity index (χ0) is 14.0. The Bertz CT molecular complexity index is 504. The zero-order valence-corrected chi connectivity index (χ0v) is 11.2. The molecule has 0 radical (unpaired) electrons. The second-order valence-corrected chi connectivity index (χ2v) is 5.28. The van der Waals surface area contributed by atoms with Crippen molar-refractivity contribution < 1.29 is 19.7 Å². The molecule has 1 atom stereocenters. The first-order chi connectivity index (χ1) is 8.88. The Morgan fingerprint density at radius 3 is 2.63 bits per heavy atom. The van der Waals surface area contributed by atoms with Gasteiger partial charge >= 0.3 is 6.09 Å². The van der Waals surface area contributed by atoms with Crippen LogP contribution in [0, 0.1) is 0 Å². The van der Waals surface area contributed by atoms with Crippen LogP contribution in [0.3, 0.4) is 0 Å². The molecule has 0 bridgehead atoms. The van der Waals surface area contributed by atoms with Crippen molar-refractivity contribution in [2.45, 2.75) is 32.6 Å². The lowest BCUT2D eigenvalue weighted by molar-refractivity contribution is -0.391. The molecule has 19 heavy (non-hydrogen) atoms. The fraction of sp³-hybridized carbons (Fsp3) is 0.357. The lowest BCUT2D eigenvalue weighted by atomic mass is 10.0. The number of carbonyl (C=O) groups is 1. The third-order valence-corrected chi connectivity index (χ3v) is 2.54. The largest absolute Gasteiger partial charge is 0.465 e. The second kappa shape index (κ2) is 5.03. The van der Waals surface area contributed by atoms with Crippen molar-refractivity contribution in [3.63, 3.8) is 0 Å². The van der Waals surface area contributed by atoms with Crippen LogP contribution in [0.15, 0.2) is 30.5 Å². The molecular formula is C14H17NO4. The average molecular weight is 263 g/mol. The van der Waals surface area contributed by atoms with E-state index in [1.807, 2.05) is 45.0 Å². The van der Waals surface area contributed by atoms with Crippen molar-refractivity contribution in [3.05, 3.63) is 41.6 Å². The molecule has 2 rings (SSSR count). The van der Waals surface area contributed by atoms with Crippen LogP contribution in [0.1, 0.15) is 38.1 Å². The molecule has 1 heterocycles. The first-order valence-corrected chi connectivity index (χ1v) is 6.01. The van der Waals surface area contributed by atoms with Crippen molar-refractivity contribution in [2.24, 2.45) is 0 Å². The summed E-state index contributed by atoms with van der Waals surface area (Å²) in [5.74, 6) is 0. The Morgan fingerprint density at radius 2 is 2.00 bits per heavy atom. The highest BCUT2D eigenvalue weighted by Gasteiger charge is 2.30. The zero-order valence-electron chi connectivity index (χ0n) is 11.2. The minimum atomic E-state index is -1.09. The molecule has 1 aliphatic heterocycles. The third kappa shape index (κ3) is 3.13. The number of fused-ring (bicyclic) bond motifs is 1. The summed E-state index contributed by atoms with van der Waals surface area (Å²) in [7, 11) is 0. The van der Waals surface area contributed by atoms with E-state index in [-0.39, 0.29) is 0 Å². The van der Waals surface area contributed by atoms with Gasteiger partial charge in [-0.15, -0.1) is 0 Å². The standard InChI is InChI=1S/C14H17NO4/c1-14(2,3)19-18-12-11-7-5-4-6-10(11)8-9-15(12)13(16)17/h4-9,12H,1-3H3,(H,16,17). The molecular weight excluding hydrogens is 246 g/mol. The molecule has 1 aromatic rings. The minimum Gasteiger partial charge on any atom is -0.465 e. The summed E-state index contributed by atoms with van der Waals surface area (Å²) in [4.78, 5) is 22.9. The van der Waals surface area contributed by atoms with Gasteiger partial charge in [-0.25, -0.2) is 14.6 Å². The number of hydrogen-bond donors (Lipinski definition) is 1. The number of amides is 1. The summed E-state index contributed by atoms with van der Waals surface area (Å²) < 4.78 is 0. The molecule has 1 unspecified atom stereocenters. The van der Waals surface area contributed by atoms with Gasteiger partial charge in [-0.1, -0.05) is 24.3 Å². The fourth-order valence-electron chi connectivity index (χ4n) is 1.73. The molecule has 0 saturated heterocycles. The van der Waals surface area contributed by atoms with E-state index in [9.17, 15) is 9.90 Å². The molecule has 1 aliphatic rings. The van der Waals surface area contributed by atoms with Gasteiger partial charge in [-0.3, -0.25) is 4.90 Å². The molecule has 1 N–H and O–H groups in total. The van der Waals surface area contributed by atoms with Crippen LogP contribution in [0.4, 0.5) is 4.79 Å². The maximum Gasteiger partial charge on any atom is 0.413 e. The molecule has 1 aromatic carbocycles. The second-order valence-electron chi connectivity index (χ2n) is 5.28. The average Bonchev–Trinajstić information content (AvgIpc) is 2.34. The van der Waals surface area contributed by atoms with Crippen molar-refractivity contribution in [2.75, 3.05) is 0 Å². The summed E-state index contributed by atoms with van der Waals surface area (Å²) in [6.45, 7) is 5.51. The molecule has 5 heteroatoms. The number of nitrogens with zero attached hydrogens (tertiary/aromatic N) is 1. The highest BCUT2D eigenvalue weighted by atomic mass is 17.2. The van der Waals surface area contributed by atoms with E-state index in [1.165, 1.54) is 6.20 Å². The van der Waals surface area contributed by atoms with Crippen molar-refractivity contribution in [1.82, 2.24) is 4.90 Å². The van der Waals surface area contributed by atoms with Crippen molar-refractivity contribution in [3.8, 4) is 0 Å². The molecule has 1 amide bonds. The first-order valence-electron chi connectivity index (χ1n) is 6.01. The quantitative estimate of drug-likeness (QED) is 0.656. The van der Waals surface area contributed by atoms with E-state index < -0.39 is 17.9 Å². The van der Waals surface area contributed by atoms with Crippen LogP contribution in [-0.4, -0.2) is 21.7 Å². The van der Waals surface area contributed by atoms with E-state index in [4.69, 9.17) is 9.78 Å². The third-order valence-electron chi connectivity index (χ3n) is 2.54. The first kappa shape index (κ1) is 13.6. The van der Waals surface area contributed by atoms with Gasteiger partial charge in [-0.05, 0) is 32.4 Å². The Hall–Kier alpha value is -1.85. The molecule has 0 aromatic heterocycles. The van der Waals surface area contributed by atoms with E-state index in [0.717, 1.165) is 16.0 Å². The van der Waals surface area contributed by atoms with Gasteiger partial charge in [0.15, 0.2) is 6.23 Å². The van der Waals surface area contributed by atoms with Crippen molar-refractivity contribution >= 4 is 12.2 Å². The monoisotopic (exact) mass is 263 g/mol. The van der Waals surface area contributed by atoms with Gasteiger partial charge < -0.3 is 5.11 Å². The normalized spacial score (nSPS) is 18.3. The van der Waals surface area contributed by atoms with Gasteiger partial charge in [0.05, 0.1) is 5.60 Å². The van der Waals surface area contributed by atoms with Crippen LogP contribution in [0.5, 0.6) is 0 Å². The molecule has 0 saturated carbocycles. The molecule has 0 fully saturated rings. The van der Waals surface area contributed by atoms with Crippen LogP contribution in [0.2, 0.25) is 0 Å². The topological polar surface area (TPSA) is 59.0 Å². The Labute approximate surface area is 112 Å². The predicted octanol–water partition coefficient (Wildman–Crippen LogP) is 3.40. The van der Waals surface area contributed by atoms with E-state index in [0.29, 0.717) is 0 Å². The summed E-state index contributed by atoms with van der Waals surface area (Å²) in [6, 6.07) is 7.46. The van der Waals surface area contributed by atoms with Gasteiger partial charge in [0.2, 0.25) is 0 Å². The minimum absolute atomic E-state index is 0.514. The van der Waals surface area contributed by atoms with Gasteiger partial charge in [0, 0.05) is 11.8 Å². The molecule has 102 valence electrons. The number of hydrogen-bond acceptors (Lipinski definition) is 3. The summed E-state index contributed by atoms with van der Waals surface area (Å²) in [5.41, 5.74) is 1.17. The van der Waals surface area contributed by atoms with Crippen LogP contribution in [0.25, 0.3) is 6.08 Å². The Kier molecular flexibility index (Phi) is 3.59. The smallest absolute Gasteiger partial charge is 0.413 e. The fourth-order valence-corrected chi connectivity index (χ4v) is 1.73. The highest BCUT2D eigenvalue weighted by molar-refractivity contribution is 5.71. The van der Waals surface area contributed by atoms with Crippen molar-refractivity contribution in [1.29, 1.82) is 0 Å². The van der Waals surface area contributed by atoms with Crippen LogP contribution >= 0.6 is 0 Å². The lowest BCUT2D eigenvalue weighted by Gasteiger charge is -2.31. The maximum atomic E-state index is 11.2. The van der Waals surface area contributed by atoms with E-state index in [1.54, 1.807) is 6.08 Å². The van der Waals surface area contributed by atoms with Crippen LogP contribution < -0.4 is 0 Å².